The van der Waals surface area contributed by atoms with Crippen LogP contribution >= 0.6 is 11.6 Å². The van der Waals surface area contributed by atoms with Gasteiger partial charge in [0.1, 0.15) is 11.6 Å². The van der Waals surface area contributed by atoms with Crippen molar-refractivity contribution in [2.45, 2.75) is 0 Å². The van der Waals surface area contributed by atoms with Gasteiger partial charge in [-0.15, -0.1) is 0 Å². The lowest BCUT2D eigenvalue weighted by atomic mass is 10.0. The van der Waals surface area contributed by atoms with Crippen LogP contribution in [0.3, 0.4) is 0 Å². The average molecular weight is 469 g/mol. The van der Waals surface area contributed by atoms with Crippen LogP contribution in [0.1, 0.15) is 0 Å². The van der Waals surface area contributed by atoms with E-state index in [0.717, 1.165) is 67.5 Å². The highest BCUT2D eigenvalue weighted by Crippen LogP contribution is 2.34. The summed E-state index contributed by atoms with van der Waals surface area (Å²) >= 11 is 5.89. The zero-order valence-corrected chi connectivity index (χ0v) is 18.6. The van der Waals surface area contributed by atoms with E-state index in [1.807, 2.05) is 30.5 Å². The van der Waals surface area contributed by atoms with Gasteiger partial charge in [0.15, 0.2) is 0 Å². The molecular weight excluding hydrogens is 446 g/mol. The van der Waals surface area contributed by atoms with Gasteiger partial charge in [0.25, 0.3) is 0 Å². The van der Waals surface area contributed by atoms with Crippen LogP contribution in [0, 0.1) is 11.6 Å². The van der Waals surface area contributed by atoms with Crippen molar-refractivity contribution in [3.05, 3.63) is 65.6 Å². The predicted octanol–water partition coefficient (Wildman–Crippen LogP) is 4.54. The van der Waals surface area contributed by atoms with Gasteiger partial charge in [-0.1, -0.05) is 17.7 Å². The number of benzene rings is 2. The molecule has 1 aliphatic heterocycles. The molecule has 0 unspecified atom stereocenters. The summed E-state index contributed by atoms with van der Waals surface area (Å²) in [6.07, 6.45) is 3.31. The number of aromatic nitrogens is 3. The van der Waals surface area contributed by atoms with E-state index in [1.165, 1.54) is 12.4 Å². The SMILES string of the molecule is Fc1cc(F)c(-c2[nH]cnc2-c2ccc3ncc(NCCN4CCNCC4)cc3c2)cc1Cl. The van der Waals surface area contributed by atoms with Gasteiger partial charge in [0.05, 0.1) is 40.1 Å². The Morgan fingerprint density at radius 3 is 2.73 bits per heavy atom. The number of piperazine rings is 1. The number of H-pyrrole nitrogens is 1. The summed E-state index contributed by atoms with van der Waals surface area (Å²) in [5.41, 5.74) is 3.73. The summed E-state index contributed by atoms with van der Waals surface area (Å²) in [5, 5.41) is 7.60. The highest BCUT2D eigenvalue weighted by atomic mass is 35.5. The lowest BCUT2D eigenvalue weighted by Crippen LogP contribution is -2.45. The van der Waals surface area contributed by atoms with Gasteiger partial charge in [-0.05, 0) is 24.3 Å². The summed E-state index contributed by atoms with van der Waals surface area (Å²) < 4.78 is 28.1. The molecule has 3 N–H and O–H groups in total. The number of fused-ring (bicyclic) bond motifs is 1. The number of hydrogen-bond acceptors (Lipinski definition) is 5. The molecule has 0 aliphatic carbocycles. The second-order valence-corrected chi connectivity index (χ2v) is 8.43. The van der Waals surface area contributed by atoms with E-state index >= 15 is 0 Å². The van der Waals surface area contributed by atoms with E-state index in [0.29, 0.717) is 11.4 Å². The summed E-state index contributed by atoms with van der Waals surface area (Å²) in [6, 6.07) is 9.85. The third-order valence-corrected chi connectivity index (χ3v) is 6.13. The molecule has 170 valence electrons. The maximum absolute atomic E-state index is 14.5. The van der Waals surface area contributed by atoms with Crippen molar-refractivity contribution < 1.29 is 8.78 Å². The number of imidazole rings is 1. The molecule has 1 fully saturated rings. The van der Waals surface area contributed by atoms with E-state index in [4.69, 9.17) is 11.6 Å². The van der Waals surface area contributed by atoms with Crippen LogP contribution in [0.25, 0.3) is 33.4 Å². The van der Waals surface area contributed by atoms with Crippen molar-refractivity contribution in [3.8, 4) is 22.5 Å². The first-order valence-corrected chi connectivity index (χ1v) is 11.2. The summed E-state index contributed by atoms with van der Waals surface area (Å²) in [6.45, 7) is 6.00. The number of nitrogens with zero attached hydrogens (tertiary/aromatic N) is 3. The number of aromatic amines is 1. The molecule has 33 heavy (non-hydrogen) atoms. The van der Waals surface area contributed by atoms with Gasteiger partial charge in [-0.3, -0.25) is 9.88 Å². The van der Waals surface area contributed by atoms with E-state index in [-0.39, 0.29) is 10.6 Å². The van der Waals surface area contributed by atoms with Crippen molar-refractivity contribution in [3.63, 3.8) is 0 Å². The molecule has 9 heteroatoms. The fourth-order valence-corrected chi connectivity index (χ4v) is 4.26. The number of anilines is 1. The molecule has 0 bridgehead atoms. The summed E-state index contributed by atoms with van der Waals surface area (Å²) in [4.78, 5) is 14.3. The Balaban J connectivity index is 1.40. The van der Waals surface area contributed by atoms with Gasteiger partial charge in [0.2, 0.25) is 0 Å². The van der Waals surface area contributed by atoms with Crippen molar-refractivity contribution in [2.75, 3.05) is 44.6 Å². The van der Waals surface area contributed by atoms with Crippen LogP contribution in [0.2, 0.25) is 5.02 Å². The molecule has 0 atom stereocenters. The van der Waals surface area contributed by atoms with Crippen LogP contribution in [0.15, 0.2) is 48.9 Å². The molecule has 0 radical (unpaired) electrons. The van der Waals surface area contributed by atoms with E-state index in [9.17, 15) is 8.78 Å². The minimum atomic E-state index is -0.798. The predicted molar refractivity (Wildman–Crippen MR) is 127 cm³/mol. The molecule has 5 rings (SSSR count). The Morgan fingerprint density at radius 1 is 1.03 bits per heavy atom. The van der Waals surface area contributed by atoms with Gasteiger partial charge in [-0.25, -0.2) is 13.8 Å². The zero-order chi connectivity index (χ0) is 22.8. The van der Waals surface area contributed by atoms with Crippen LogP contribution < -0.4 is 10.6 Å². The fraction of sp³-hybridized carbons (Fsp3) is 0.250. The molecule has 2 aromatic heterocycles. The first-order chi connectivity index (χ1) is 16.1. The Kier molecular flexibility index (Phi) is 6.22. The first-order valence-electron chi connectivity index (χ1n) is 10.8. The zero-order valence-electron chi connectivity index (χ0n) is 17.8. The number of halogens is 3. The maximum Gasteiger partial charge on any atom is 0.144 e. The number of hydrogen-bond donors (Lipinski definition) is 3. The van der Waals surface area contributed by atoms with Crippen molar-refractivity contribution in [1.29, 1.82) is 0 Å². The lowest BCUT2D eigenvalue weighted by molar-refractivity contribution is 0.249. The van der Waals surface area contributed by atoms with E-state index in [1.54, 1.807) is 0 Å². The smallest absolute Gasteiger partial charge is 0.144 e. The highest BCUT2D eigenvalue weighted by molar-refractivity contribution is 6.31. The Morgan fingerprint density at radius 2 is 1.88 bits per heavy atom. The van der Waals surface area contributed by atoms with Crippen LogP contribution in [-0.4, -0.2) is 59.1 Å². The topological polar surface area (TPSA) is 68.9 Å². The third kappa shape index (κ3) is 4.68. The van der Waals surface area contributed by atoms with Gasteiger partial charge in [0, 0.05) is 61.8 Å². The molecule has 1 saturated heterocycles. The molecule has 0 spiro atoms. The molecule has 2 aromatic carbocycles. The number of pyridine rings is 1. The molecule has 3 heterocycles. The number of nitrogens with one attached hydrogen (secondary N) is 3. The highest BCUT2D eigenvalue weighted by Gasteiger charge is 2.17. The molecule has 6 nitrogen and oxygen atoms in total. The van der Waals surface area contributed by atoms with Crippen molar-refractivity contribution >= 4 is 28.2 Å². The minimum Gasteiger partial charge on any atom is -0.382 e. The van der Waals surface area contributed by atoms with Crippen LogP contribution in [0.4, 0.5) is 14.5 Å². The molecule has 0 amide bonds. The fourth-order valence-electron chi connectivity index (χ4n) is 4.10. The Bertz CT molecular complexity index is 1290. The van der Waals surface area contributed by atoms with Crippen molar-refractivity contribution in [2.24, 2.45) is 0 Å². The largest absolute Gasteiger partial charge is 0.382 e. The second-order valence-electron chi connectivity index (χ2n) is 8.02. The van der Waals surface area contributed by atoms with Crippen LogP contribution in [0.5, 0.6) is 0 Å². The van der Waals surface area contributed by atoms with Gasteiger partial charge >= 0.3 is 0 Å². The van der Waals surface area contributed by atoms with Gasteiger partial charge < -0.3 is 15.6 Å². The lowest BCUT2D eigenvalue weighted by Gasteiger charge is -2.27. The van der Waals surface area contributed by atoms with E-state index < -0.39 is 11.6 Å². The molecule has 1 aliphatic rings. The maximum atomic E-state index is 14.5. The third-order valence-electron chi connectivity index (χ3n) is 5.84. The Labute approximate surface area is 195 Å². The summed E-state index contributed by atoms with van der Waals surface area (Å²) in [7, 11) is 0. The Hall–Kier alpha value is -3.07. The normalized spacial score (nSPS) is 14.6. The second kappa shape index (κ2) is 9.43. The molecular formula is C24H23ClF2N6. The number of rotatable bonds is 6. The monoisotopic (exact) mass is 468 g/mol. The van der Waals surface area contributed by atoms with Gasteiger partial charge in [-0.2, -0.15) is 0 Å². The molecule has 0 saturated carbocycles. The molecule has 4 aromatic rings. The van der Waals surface area contributed by atoms with Crippen molar-refractivity contribution in [1.82, 2.24) is 25.2 Å². The van der Waals surface area contributed by atoms with E-state index in [2.05, 4.69) is 30.5 Å². The minimum absolute atomic E-state index is 0.147. The average Bonchev–Trinajstić information content (AvgIpc) is 3.31. The van der Waals surface area contributed by atoms with Crippen LogP contribution in [-0.2, 0) is 0 Å². The standard InChI is InChI=1S/C24H23ClF2N6/c25-19-11-18(20(26)12-21(19)27)24-23(31-14-32-24)15-1-2-22-16(9-15)10-17(13-30-22)29-5-8-33-6-3-28-4-7-33/h1-2,9-14,28-29H,3-8H2,(H,31,32). The quantitative estimate of drug-likeness (QED) is 0.362. The first kappa shape index (κ1) is 21.8. The summed E-state index contributed by atoms with van der Waals surface area (Å²) in [5.74, 6) is -1.51.